The molecule has 0 unspecified atom stereocenters. The molecule has 0 radical (unpaired) electrons. The van der Waals surface area contributed by atoms with Crippen molar-refractivity contribution in [1.29, 1.82) is 0 Å². The lowest BCUT2D eigenvalue weighted by molar-refractivity contribution is -0.402. The maximum atomic E-state index is 2.35. The molecule has 300 valence electrons. The molecule has 0 aliphatic carbocycles. The van der Waals surface area contributed by atoms with Crippen molar-refractivity contribution in [3.05, 3.63) is 112 Å². The Bertz CT molecular complexity index is 2140. The molecule has 4 aliphatic rings. The van der Waals surface area contributed by atoms with Crippen LogP contribution in [0.3, 0.4) is 0 Å². The molecule has 8 rings (SSSR count). The molecule has 0 atom stereocenters. The molecule has 6 heteroatoms. The van der Waals surface area contributed by atoms with Gasteiger partial charge in [-0.1, -0.05) is 26.0 Å². The summed E-state index contributed by atoms with van der Waals surface area (Å²) in [5, 5.41) is 1.44. The molecule has 0 fully saturated rings. The second kappa shape index (κ2) is 17.4. The van der Waals surface area contributed by atoms with Crippen molar-refractivity contribution in [3.63, 3.8) is 0 Å². The maximum absolute atomic E-state index is 2.35. The number of thiophene rings is 2. The number of rotatable bonds is 2. The van der Waals surface area contributed by atoms with E-state index >= 15 is 0 Å². The number of likely N-dealkylation sites (N-methyl/N-ethyl adjacent to an activating group) is 2. The summed E-state index contributed by atoms with van der Waals surface area (Å²) in [5.41, 5.74) is 26.5. The average molecular weight is 791 g/mol. The average Bonchev–Trinajstić information content (AvgIpc) is 3.98. The number of aryl methyl sites for hydroxylation is 2. The van der Waals surface area contributed by atoms with Gasteiger partial charge in [0.15, 0.2) is 11.4 Å². The number of allylic oxidation sites excluding steroid dienone is 4. The van der Waals surface area contributed by atoms with E-state index in [-0.39, 0.29) is 0 Å². The van der Waals surface area contributed by atoms with E-state index in [1.807, 2.05) is 22.7 Å². The van der Waals surface area contributed by atoms with Gasteiger partial charge in [-0.2, -0.15) is 0 Å². The van der Waals surface area contributed by atoms with Crippen LogP contribution < -0.4 is 9.80 Å². The Labute approximate surface area is 348 Å². The van der Waals surface area contributed by atoms with Crippen LogP contribution in [0.15, 0.2) is 35.7 Å². The summed E-state index contributed by atoms with van der Waals surface area (Å²) in [6.07, 6.45) is 11.4. The van der Waals surface area contributed by atoms with Crippen molar-refractivity contribution in [2.75, 3.05) is 38.0 Å². The van der Waals surface area contributed by atoms with Gasteiger partial charge in [0.25, 0.3) is 0 Å². The first-order valence-electron chi connectivity index (χ1n) is 20.7. The van der Waals surface area contributed by atoms with Gasteiger partial charge in [-0.05, 0) is 133 Å². The van der Waals surface area contributed by atoms with Crippen molar-refractivity contribution in [3.8, 4) is 0 Å². The minimum absolute atomic E-state index is 1.12. The van der Waals surface area contributed by atoms with Crippen LogP contribution in [0, 0.1) is 69.2 Å². The molecule has 0 N–H and O–H groups in total. The molecule has 4 aliphatic heterocycles. The normalized spacial score (nSPS) is 16.5. The Kier molecular flexibility index (Phi) is 13.5. The molecule has 0 bridgehead atoms. The highest BCUT2D eigenvalue weighted by atomic mass is 32.1. The number of nitrogens with zero attached hydrogens (tertiary/aromatic N) is 4. The summed E-state index contributed by atoms with van der Waals surface area (Å²) in [5.74, 6) is 0. The quantitative estimate of drug-likeness (QED) is 0.188. The maximum Gasteiger partial charge on any atom is 0.212 e. The number of fused-ring (bicyclic) bond motifs is 4. The molecule has 0 spiro atoms. The van der Waals surface area contributed by atoms with Crippen LogP contribution in [0.25, 0.3) is 0 Å². The van der Waals surface area contributed by atoms with Crippen molar-refractivity contribution >= 4 is 56.2 Å². The highest BCUT2D eigenvalue weighted by Crippen LogP contribution is 2.41. The van der Waals surface area contributed by atoms with Crippen molar-refractivity contribution in [2.24, 2.45) is 0 Å². The van der Waals surface area contributed by atoms with Crippen LogP contribution >= 0.6 is 22.7 Å². The number of hydrogen-bond acceptors (Lipinski definition) is 4. The van der Waals surface area contributed by atoms with Crippen molar-refractivity contribution < 1.29 is 9.15 Å². The van der Waals surface area contributed by atoms with Gasteiger partial charge >= 0.3 is 0 Å². The van der Waals surface area contributed by atoms with Gasteiger partial charge in [-0.15, -0.1) is 22.7 Å². The number of hydrogen-bond donors (Lipinski definition) is 0. The number of benzene rings is 2. The molecule has 4 aromatic rings. The lowest BCUT2D eigenvalue weighted by Gasteiger charge is -2.13. The number of anilines is 2. The smallest absolute Gasteiger partial charge is 0.212 e. The Morgan fingerprint density at radius 1 is 0.536 bits per heavy atom. The van der Waals surface area contributed by atoms with Crippen LogP contribution in [0.5, 0.6) is 0 Å². The molecule has 2 aromatic heterocycles. The van der Waals surface area contributed by atoms with Gasteiger partial charge in [-0.25, -0.2) is 9.15 Å². The first kappa shape index (κ1) is 43.4. The first-order valence-corrected chi connectivity index (χ1v) is 22.3. The van der Waals surface area contributed by atoms with Gasteiger partial charge in [0, 0.05) is 89.1 Å². The second-order valence-electron chi connectivity index (χ2n) is 16.6. The first-order chi connectivity index (χ1) is 26.3. The van der Waals surface area contributed by atoms with E-state index in [0.29, 0.717) is 0 Å². The summed E-state index contributed by atoms with van der Waals surface area (Å²) >= 11 is 3.83. The molecule has 4 nitrogen and oxygen atoms in total. The third-order valence-electron chi connectivity index (χ3n) is 13.2. The predicted octanol–water partition coefficient (Wildman–Crippen LogP) is 13.1. The van der Waals surface area contributed by atoms with Crippen molar-refractivity contribution in [2.45, 2.75) is 135 Å². The van der Waals surface area contributed by atoms with Crippen LogP contribution in [0.2, 0.25) is 0 Å². The Balaban J connectivity index is 0.000000143. The molecule has 0 saturated heterocycles. The summed E-state index contributed by atoms with van der Waals surface area (Å²) < 4.78 is 4.70. The lowest BCUT2D eigenvalue weighted by Crippen LogP contribution is -2.10. The minimum atomic E-state index is 1.12. The SMILES string of the molecule is CC/C=C1\Cc2cc(C)sc2N1C.CC/C=C1\Cc2sc(C)cc2N1C.CC1=[N+](C)c2c(C)c(C)c(C)c(C)c2C1.CC1=[N+](C)c2c(C)c(C)c(C)c(C)c2C1. The van der Waals surface area contributed by atoms with Gasteiger partial charge in [0.05, 0.1) is 23.5 Å². The van der Waals surface area contributed by atoms with E-state index in [1.54, 1.807) is 0 Å². The largest absolute Gasteiger partial charge is 0.347 e. The molecular formula is C50H70N4S2+2. The van der Waals surface area contributed by atoms with Crippen LogP contribution in [-0.4, -0.2) is 48.8 Å². The third kappa shape index (κ3) is 8.16. The van der Waals surface area contributed by atoms with E-state index in [0.717, 1.165) is 38.5 Å². The fourth-order valence-corrected chi connectivity index (χ4v) is 11.0. The van der Waals surface area contributed by atoms with Gasteiger partial charge in [0.2, 0.25) is 11.4 Å². The highest BCUT2D eigenvalue weighted by molar-refractivity contribution is 7.16. The van der Waals surface area contributed by atoms with Crippen molar-refractivity contribution in [1.82, 2.24) is 0 Å². The lowest BCUT2D eigenvalue weighted by atomic mass is 9.92. The van der Waals surface area contributed by atoms with Gasteiger partial charge in [-0.3, -0.25) is 0 Å². The van der Waals surface area contributed by atoms with Gasteiger partial charge in [0.1, 0.15) is 14.1 Å². The Morgan fingerprint density at radius 2 is 0.964 bits per heavy atom. The van der Waals surface area contributed by atoms with Crippen LogP contribution in [-0.2, 0) is 25.7 Å². The van der Waals surface area contributed by atoms with E-state index in [2.05, 4.69) is 168 Å². The van der Waals surface area contributed by atoms with E-state index in [9.17, 15) is 0 Å². The summed E-state index contributed by atoms with van der Waals surface area (Å²) in [6.45, 7) is 31.2. The molecule has 2 aromatic carbocycles. The second-order valence-corrected chi connectivity index (χ2v) is 19.2. The fourth-order valence-electron chi connectivity index (χ4n) is 8.91. The Hall–Kier alpha value is -3.74. The fraction of sp³-hybridized carbons (Fsp3) is 0.480. The molecule has 0 saturated carbocycles. The van der Waals surface area contributed by atoms with E-state index in [1.165, 1.54) is 121 Å². The zero-order valence-electron chi connectivity index (χ0n) is 38.2. The van der Waals surface area contributed by atoms with Crippen LogP contribution in [0.1, 0.15) is 116 Å². The molecular weight excluding hydrogens is 721 g/mol. The summed E-state index contributed by atoms with van der Waals surface area (Å²) in [4.78, 5) is 9.03. The van der Waals surface area contributed by atoms with E-state index in [4.69, 9.17) is 0 Å². The predicted molar refractivity (Wildman–Crippen MR) is 250 cm³/mol. The van der Waals surface area contributed by atoms with Crippen LogP contribution in [0.4, 0.5) is 22.1 Å². The van der Waals surface area contributed by atoms with Gasteiger partial charge < -0.3 is 9.80 Å². The molecule has 0 amide bonds. The monoisotopic (exact) mass is 791 g/mol. The molecule has 56 heavy (non-hydrogen) atoms. The standard InChI is InChI=1S/2C14H20N.2C11H15NS/c2*1-8-7-13-11(4)9(2)10(3)12(5)14(13)15(8)6;1-4-5-10-7-9-6-8(2)13-11(9)12(10)3;1-4-5-9-7-11-10(12(9)3)6-8(2)13-11/h2*7H2,1-6H3;2*5-6H,4,7H2,1-3H3/q2*+1;;/b;;10-5+;9-5+. The van der Waals surface area contributed by atoms with E-state index < -0.39 is 0 Å². The summed E-state index contributed by atoms with van der Waals surface area (Å²) in [6, 6.07) is 4.60. The molecule has 6 heterocycles. The summed E-state index contributed by atoms with van der Waals surface area (Å²) in [7, 11) is 8.70. The highest BCUT2D eigenvalue weighted by Gasteiger charge is 2.31. The minimum Gasteiger partial charge on any atom is -0.347 e. The zero-order chi connectivity index (χ0) is 41.5. The zero-order valence-corrected chi connectivity index (χ0v) is 39.8. The topological polar surface area (TPSA) is 12.5 Å². The third-order valence-corrected chi connectivity index (χ3v) is 15.4. The Morgan fingerprint density at radius 3 is 1.39 bits per heavy atom.